The quantitative estimate of drug-likeness (QED) is 0.739. The van der Waals surface area contributed by atoms with E-state index in [1.807, 2.05) is 49.3 Å². The molecule has 8 nitrogen and oxygen atoms in total. The number of pyridine rings is 1. The van der Waals surface area contributed by atoms with Gasteiger partial charge < -0.3 is 15.1 Å². The molecule has 0 bridgehead atoms. The predicted molar refractivity (Wildman–Crippen MR) is 111 cm³/mol. The summed E-state index contributed by atoms with van der Waals surface area (Å²) in [6.45, 7) is 3.44. The van der Waals surface area contributed by atoms with E-state index in [4.69, 9.17) is 0 Å². The number of hydrogen-bond donors (Lipinski definition) is 1. The molecule has 2 amide bonds. The Morgan fingerprint density at radius 3 is 2.48 bits per heavy atom. The van der Waals surface area contributed by atoms with Crippen molar-refractivity contribution in [2.24, 2.45) is 7.05 Å². The fourth-order valence-electron chi connectivity index (χ4n) is 3.24. The molecular weight excluding hydrogens is 368 g/mol. The lowest BCUT2D eigenvalue weighted by Gasteiger charge is -2.34. The molecule has 29 heavy (non-hydrogen) atoms. The Morgan fingerprint density at radius 1 is 1.07 bits per heavy atom. The molecule has 1 saturated heterocycles. The van der Waals surface area contributed by atoms with Crippen molar-refractivity contribution in [3.63, 3.8) is 0 Å². The van der Waals surface area contributed by atoms with Gasteiger partial charge in [0, 0.05) is 38.2 Å². The van der Waals surface area contributed by atoms with Gasteiger partial charge in [-0.15, -0.1) is 0 Å². The van der Waals surface area contributed by atoms with Crippen LogP contribution in [-0.2, 0) is 11.8 Å². The van der Waals surface area contributed by atoms with Crippen molar-refractivity contribution in [2.45, 2.75) is 6.92 Å². The molecule has 0 saturated carbocycles. The number of rotatable bonds is 4. The number of anilines is 3. The first-order valence-electron chi connectivity index (χ1n) is 9.37. The molecule has 1 aliphatic rings. The number of aryl methyl sites for hydroxylation is 2. The van der Waals surface area contributed by atoms with Gasteiger partial charge in [-0.3, -0.25) is 14.3 Å². The Balaban J connectivity index is 1.39. The van der Waals surface area contributed by atoms with Crippen LogP contribution in [0, 0.1) is 6.92 Å². The van der Waals surface area contributed by atoms with Crippen LogP contribution in [0.4, 0.5) is 17.2 Å². The van der Waals surface area contributed by atoms with Gasteiger partial charge in [0.05, 0.1) is 24.0 Å². The second-order valence-electron chi connectivity index (χ2n) is 7.06. The molecule has 3 aromatic rings. The van der Waals surface area contributed by atoms with Gasteiger partial charge in [0.1, 0.15) is 5.82 Å². The monoisotopic (exact) mass is 390 g/mol. The molecule has 3 heterocycles. The summed E-state index contributed by atoms with van der Waals surface area (Å²) in [5.74, 6) is 0.452. The average molecular weight is 390 g/mol. The van der Waals surface area contributed by atoms with Gasteiger partial charge >= 0.3 is 0 Å². The van der Waals surface area contributed by atoms with E-state index in [9.17, 15) is 9.59 Å². The molecule has 0 atom stereocenters. The van der Waals surface area contributed by atoms with Crippen molar-refractivity contribution in [3.05, 3.63) is 66.1 Å². The van der Waals surface area contributed by atoms with E-state index in [-0.39, 0.29) is 18.4 Å². The van der Waals surface area contributed by atoms with Crippen molar-refractivity contribution in [3.8, 4) is 0 Å². The van der Waals surface area contributed by atoms with Gasteiger partial charge in [-0.2, -0.15) is 5.10 Å². The second-order valence-corrected chi connectivity index (χ2v) is 7.06. The maximum absolute atomic E-state index is 12.5. The summed E-state index contributed by atoms with van der Waals surface area (Å²) in [5.41, 5.74) is 3.14. The van der Waals surface area contributed by atoms with E-state index < -0.39 is 0 Å². The van der Waals surface area contributed by atoms with Gasteiger partial charge in [-0.25, -0.2) is 4.98 Å². The SMILES string of the molecule is Cc1ccc(NC(=O)c2ccc(N3CCN(c4cnn(C)c4)C(=O)C3)nc2)cc1. The average Bonchev–Trinajstić information content (AvgIpc) is 3.15. The van der Waals surface area contributed by atoms with Crippen molar-refractivity contribution in [1.29, 1.82) is 0 Å². The third-order valence-corrected chi connectivity index (χ3v) is 4.87. The molecule has 0 unspecified atom stereocenters. The lowest BCUT2D eigenvalue weighted by atomic mass is 10.2. The number of hydrogen-bond acceptors (Lipinski definition) is 5. The van der Waals surface area contributed by atoms with Crippen LogP contribution in [0.25, 0.3) is 0 Å². The van der Waals surface area contributed by atoms with Gasteiger partial charge in [0.25, 0.3) is 5.91 Å². The summed E-state index contributed by atoms with van der Waals surface area (Å²) in [4.78, 5) is 33.0. The summed E-state index contributed by atoms with van der Waals surface area (Å²) in [5, 5.41) is 6.98. The van der Waals surface area contributed by atoms with E-state index in [0.717, 1.165) is 16.9 Å². The number of carbonyl (C=O) groups is 2. The molecule has 1 aliphatic heterocycles. The molecule has 2 aromatic heterocycles. The minimum absolute atomic E-state index is 0.00718. The highest BCUT2D eigenvalue weighted by atomic mass is 16.2. The first kappa shape index (κ1) is 18.7. The highest BCUT2D eigenvalue weighted by molar-refractivity contribution is 6.04. The standard InChI is InChI=1S/C21H22N6O2/c1-15-3-6-17(7-4-15)24-21(29)16-5-8-19(22-11-16)26-9-10-27(20(28)14-26)18-12-23-25(2)13-18/h3-8,11-13H,9-10,14H2,1-2H3,(H,24,29). The Kier molecular flexibility index (Phi) is 4.99. The van der Waals surface area contributed by atoms with Crippen LogP contribution in [-0.4, -0.2) is 46.2 Å². The minimum Gasteiger partial charge on any atom is -0.345 e. The second kappa shape index (κ2) is 7.75. The highest BCUT2D eigenvalue weighted by Crippen LogP contribution is 2.20. The maximum atomic E-state index is 12.5. The fraction of sp³-hybridized carbons (Fsp3) is 0.238. The number of aromatic nitrogens is 3. The smallest absolute Gasteiger partial charge is 0.257 e. The summed E-state index contributed by atoms with van der Waals surface area (Å²) >= 11 is 0. The zero-order valence-electron chi connectivity index (χ0n) is 16.4. The predicted octanol–water partition coefficient (Wildman–Crippen LogP) is 2.23. The summed E-state index contributed by atoms with van der Waals surface area (Å²) in [6, 6.07) is 11.1. The molecule has 0 spiro atoms. The number of nitrogens with one attached hydrogen (secondary N) is 1. The van der Waals surface area contributed by atoms with Gasteiger partial charge in [0.15, 0.2) is 0 Å². The molecule has 8 heteroatoms. The molecule has 4 rings (SSSR count). The third-order valence-electron chi connectivity index (χ3n) is 4.87. The van der Waals surface area contributed by atoms with Crippen LogP contribution in [0.15, 0.2) is 55.0 Å². The number of piperazine rings is 1. The summed E-state index contributed by atoms with van der Waals surface area (Å²) < 4.78 is 1.68. The van der Waals surface area contributed by atoms with Crippen LogP contribution in [0.5, 0.6) is 0 Å². The van der Waals surface area contributed by atoms with E-state index in [2.05, 4.69) is 15.4 Å². The Hall–Kier alpha value is -3.68. The molecule has 0 radical (unpaired) electrons. The summed E-state index contributed by atoms with van der Waals surface area (Å²) in [6.07, 6.45) is 5.05. The minimum atomic E-state index is -0.217. The lowest BCUT2D eigenvalue weighted by Crippen LogP contribution is -2.50. The van der Waals surface area contributed by atoms with Crippen LogP contribution in [0.3, 0.4) is 0 Å². The molecule has 0 aliphatic carbocycles. The first-order chi connectivity index (χ1) is 14.0. The molecule has 1 N–H and O–H groups in total. The number of nitrogens with zero attached hydrogens (tertiary/aromatic N) is 5. The van der Waals surface area contributed by atoms with E-state index in [1.165, 1.54) is 6.20 Å². The Bertz CT molecular complexity index is 1030. The Labute approximate surface area is 168 Å². The van der Waals surface area contributed by atoms with Crippen molar-refractivity contribution < 1.29 is 9.59 Å². The number of carbonyl (C=O) groups excluding carboxylic acids is 2. The van der Waals surface area contributed by atoms with E-state index in [0.29, 0.717) is 24.5 Å². The first-order valence-corrected chi connectivity index (χ1v) is 9.37. The van der Waals surface area contributed by atoms with Gasteiger partial charge in [-0.05, 0) is 31.2 Å². The van der Waals surface area contributed by atoms with Gasteiger partial charge in [-0.1, -0.05) is 17.7 Å². The topological polar surface area (TPSA) is 83.4 Å². The Morgan fingerprint density at radius 2 is 1.86 bits per heavy atom. The normalized spacial score (nSPS) is 14.2. The van der Waals surface area contributed by atoms with Crippen molar-refractivity contribution in [2.75, 3.05) is 34.8 Å². The molecule has 1 fully saturated rings. The number of amides is 2. The van der Waals surface area contributed by atoms with E-state index in [1.54, 1.807) is 27.9 Å². The molecule has 148 valence electrons. The lowest BCUT2D eigenvalue weighted by molar-refractivity contribution is -0.117. The zero-order chi connectivity index (χ0) is 20.4. The number of benzene rings is 1. The fourth-order valence-corrected chi connectivity index (χ4v) is 3.24. The largest absolute Gasteiger partial charge is 0.345 e. The van der Waals surface area contributed by atoms with Crippen LogP contribution < -0.4 is 15.1 Å². The summed E-state index contributed by atoms with van der Waals surface area (Å²) in [7, 11) is 1.82. The van der Waals surface area contributed by atoms with E-state index >= 15 is 0 Å². The molecule has 1 aromatic carbocycles. The molecular formula is C21H22N6O2. The maximum Gasteiger partial charge on any atom is 0.257 e. The van der Waals surface area contributed by atoms with Crippen molar-refractivity contribution >= 4 is 29.0 Å². The van der Waals surface area contributed by atoms with Crippen molar-refractivity contribution in [1.82, 2.24) is 14.8 Å². The zero-order valence-corrected chi connectivity index (χ0v) is 16.4. The van der Waals surface area contributed by atoms with Gasteiger partial charge in [0.2, 0.25) is 5.91 Å². The highest BCUT2D eigenvalue weighted by Gasteiger charge is 2.26. The van der Waals surface area contributed by atoms with Crippen LogP contribution in [0.2, 0.25) is 0 Å². The van der Waals surface area contributed by atoms with Crippen LogP contribution in [0.1, 0.15) is 15.9 Å². The van der Waals surface area contributed by atoms with Crippen LogP contribution >= 0.6 is 0 Å². The third kappa shape index (κ3) is 4.11.